The van der Waals surface area contributed by atoms with Crippen molar-refractivity contribution in [3.05, 3.63) is 33.1 Å². The molecular weight excluding hydrogens is 377 g/mol. The van der Waals surface area contributed by atoms with Crippen LogP contribution in [0, 0.1) is 3.57 Å². The first-order valence-electron chi connectivity index (χ1n) is 5.85. The lowest BCUT2D eigenvalue weighted by molar-refractivity contribution is 0.940. The van der Waals surface area contributed by atoms with E-state index in [1.807, 2.05) is 24.3 Å². The van der Waals surface area contributed by atoms with E-state index < -0.39 is 0 Å². The van der Waals surface area contributed by atoms with Gasteiger partial charge in [0, 0.05) is 15.8 Å². The first-order valence-corrected chi connectivity index (χ1v) is 7.31. The van der Waals surface area contributed by atoms with Crippen LogP contribution < -0.4 is 10.6 Å². The van der Waals surface area contributed by atoms with E-state index in [9.17, 15) is 0 Å². The van der Waals surface area contributed by atoms with Crippen molar-refractivity contribution in [1.29, 1.82) is 0 Å². The summed E-state index contributed by atoms with van der Waals surface area (Å²) < 4.78 is 1.17. The monoisotopic (exact) mass is 389 g/mol. The number of aromatic nitrogens is 3. The van der Waals surface area contributed by atoms with Crippen molar-refractivity contribution in [1.82, 2.24) is 15.0 Å². The molecule has 0 aliphatic heterocycles. The molecule has 1 heterocycles. The maximum atomic E-state index is 5.88. The highest BCUT2D eigenvalue weighted by atomic mass is 127. The predicted molar refractivity (Wildman–Crippen MR) is 86.1 cm³/mol. The third-order valence-electron chi connectivity index (χ3n) is 2.24. The average molecular weight is 390 g/mol. The summed E-state index contributed by atoms with van der Waals surface area (Å²) in [7, 11) is 0. The number of benzene rings is 1. The molecule has 0 aliphatic carbocycles. The van der Waals surface area contributed by atoms with Gasteiger partial charge in [-0.1, -0.05) is 6.92 Å². The van der Waals surface area contributed by atoms with Crippen LogP contribution in [-0.4, -0.2) is 21.5 Å². The molecule has 1 aromatic heterocycles. The quantitative estimate of drug-likeness (QED) is 0.764. The fourth-order valence-electron chi connectivity index (χ4n) is 1.38. The normalized spacial score (nSPS) is 10.3. The first-order chi connectivity index (χ1) is 9.17. The molecule has 2 rings (SSSR count). The number of nitrogens with one attached hydrogen (secondary N) is 2. The average Bonchev–Trinajstić information content (AvgIpc) is 2.38. The second-order valence-electron chi connectivity index (χ2n) is 3.81. The van der Waals surface area contributed by atoms with Crippen LogP contribution in [0.2, 0.25) is 5.28 Å². The minimum Gasteiger partial charge on any atom is -0.354 e. The van der Waals surface area contributed by atoms with E-state index in [0.717, 1.165) is 18.7 Å². The van der Waals surface area contributed by atoms with Crippen molar-refractivity contribution >= 4 is 51.8 Å². The van der Waals surface area contributed by atoms with Gasteiger partial charge in [0.1, 0.15) is 0 Å². The van der Waals surface area contributed by atoms with Crippen LogP contribution in [0.1, 0.15) is 13.3 Å². The van der Waals surface area contributed by atoms with Crippen molar-refractivity contribution in [2.24, 2.45) is 0 Å². The smallest absolute Gasteiger partial charge is 0.233 e. The molecule has 0 saturated carbocycles. The predicted octanol–water partition coefficient (Wildman–Crippen LogP) is 3.70. The molecular formula is C12H13ClIN5. The molecule has 0 saturated heterocycles. The van der Waals surface area contributed by atoms with E-state index in [-0.39, 0.29) is 5.28 Å². The van der Waals surface area contributed by atoms with Gasteiger partial charge in [0.05, 0.1) is 0 Å². The molecule has 0 amide bonds. The minimum atomic E-state index is 0.168. The zero-order chi connectivity index (χ0) is 13.7. The second kappa shape index (κ2) is 6.85. The Morgan fingerprint density at radius 1 is 1.11 bits per heavy atom. The van der Waals surface area contributed by atoms with Crippen molar-refractivity contribution < 1.29 is 0 Å². The Kier molecular flexibility index (Phi) is 5.15. The molecule has 0 radical (unpaired) electrons. The highest BCUT2D eigenvalue weighted by Gasteiger charge is 2.04. The van der Waals surface area contributed by atoms with E-state index in [2.05, 4.69) is 55.1 Å². The van der Waals surface area contributed by atoms with E-state index >= 15 is 0 Å². The van der Waals surface area contributed by atoms with Crippen LogP contribution in [0.5, 0.6) is 0 Å². The molecule has 7 heteroatoms. The van der Waals surface area contributed by atoms with Crippen molar-refractivity contribution in [2.45, 2.75) is 13.3 Å². The Hall–Kier alpha value is -1.15. The number of nitrogens with zero attached hydrogens (tertiary/aromatic N) is 3. The first kappa shape index (κ1) is 14.3. The zero-order valence-corrected chi connectivity index (χ0v) is 13.2. The Morgan fingerprint density at radius 3 is 2.47 bits per heavy atom. The van der Waals surface area contributed by atoms with Crippen LogP contribution in [0.3, 0.4) is 0 Å². The molecule has 1 aromatic carbocycles. The summed E-state index contributed by atoms with van der Waals surface area (Å²) in [6, 6.07) is 7.92. The summed E-state index contributed by atoms with van der Waals surface area (Å²) in [6.07, 6.45) is 0.989. The molecule has 0 spiro atoms. The van der Waals surface area contributed by atoms with E-state index in [0.29, 0.717) is 11.9 Å². The lowest BCUT2D eigenvalue weighted by atomic mass is 10.3. The Balaban J connectivity index is 2.15. The van der Waals surface area contributed by atoms with E-state index in [1.165, 1.54) is 3.57 Å². The molecule has 0 unspecified atom stereocenters. The molecule has 2 aromatic rings. The van der Waals surface area contributed by atoms with Crippen molar-refractivity contribution in [3.63, 3.8) is 0 Å². The lowest BCUT2D eigenvalue weighted by Gasteiger charge is -2.07. The molecule has 0 fully saturated rings. The largest absolute Gasteiger partial charge is 0.354 e. The fourth-order valence-corrected chi connectivity index (χ4v) is 1.90. The van der Waals surface area contributed by atoms with Crippen molar-refractivity contribution in [3.8, 4) is 0 Å². The molecule has 5 nitrogen and oxygen atoms in total. The maximum absolute atomic E-state index is 5.88. The van der Waals surface area contributed by atoms with E-state index in [4.69, 9.17) is 11.6 Å². The Morgan fingerprint density at radius 2 is 1.79 bits per heavy atom. The van der Waals surface area contributed by atoms with Gasteiger partial charge >= 0.3 is 0 Å². The summed E-state index contributed by atoms with van der Waals surface area (Å²) >= 11 is 8.13. The number of anilines is 3. The third-order valence-corrected chi connectivity index (χ3v) is 3.13. The van der Waals surface area contributed by atoms with Crippen LogP contribution in [-0.2, 0) is 0 Å². The molecule has 0 aliphatic rings. The summed E-state index contributed by atoms with van der Waals surface area (Å²) in [5.41, 5.74) is 0.907. The SMILES string of the molecule is CCCNc1nc(Cl)nc(Nc2ccc(I)cc2)n1. The summed E-state index contributed by atoms with van der Waals surface area (Å²) in [4.78, 5) is 12.3. The summed E-state index contributed by atoms with van der Waals surface area (Å²) in [6.45, 7) is 2.86. The van der Waals surface area contributed by atoms with Crippen LogP contribution in [0.4, 0.5) is 17.6 Å². The van der Waals surface area contributed by atoms with Gasteiger partial charge in [-0.2, -0.15) is 15.0 Å². The Bertz CT molecular complexity index is 546. The number of rotatable bonds is 5. The van der Waals surface area contributed by atoms with Gasteiger partial charge in [-0.25, -0.2) is 0 Å². The number of hydrogen-bond acceptors (Lipinski definition) is 5. The van der Waals surface area contributed by atoms with Gasteiger partial charge in [-0.3, -0.25) is 0 Å². The number of halogens is 2. The van der Waals surface area contributed by atoms with Crippen LogP contribution in [0.25, 0.3) is 0 Å². The lowest BCUT2D eigenvalue weighted by Crippen LogP contribution is -2.07. The van der Waals surface area contributed by atoms with Gasteiger partial charge in [-0.15, -0.1) is 0 Å². The fraction of sp³-hybridized carbons (Fsp3) is 0.250. The molecule has 0 atom stereocenters. The maximum Gasteiger partial charge on any atom is 0.233 e. The summed E-state index contributed by atoms with van der Waals surface area (Å²) in [5.74, 6) is 0.912. The van der Waals surface area contributed by atoms with Gasteiger partial charge in [0.15, 0.2) is 0 Å². The highest BCUT2D eigenvalue weighted by Crippen LogP contribution is 2.17. The molecule has 2 N–H and O–H groups in total. The Labute approximate surface area is 130 Å². The standard InChI is InChI=1S/C12H13ClIN5/c1-2-7-15-11-17-10(13)18-12(19-11)16-9-5-3-8(14)4-6-9/h3-6H,2,7H2,1H3,(H2,15,16,17,18,19). The number of hydrogen-bond donors (Lipinski definition) is 2. The highest BCUT2D eigenvalue weighted by molar-refractivity contribution is 14.1. The van der Waals surface area contributed by atoms with Gasteiger partial charge in [-0.05, 0) is 64.9 Å². The zero-order valence-electron chi connectivity index (χ0n) is 10.3. The molecule has 100 valence electrons. The van der Waals surface area contributed by atoms with Crippen LogP contribution >= 0.6 is 34.2 Å². The van der Waals surface area contributed by atoms with E-state index in [1.54, 1.807) is 0 Å². The van der Waals surface area contributed by atoms with Gasteiger partial charge in [0.25, 0.3) is 0 Å². The van der Waals surface area contributed by atoms with Crippen molar-refractivity contribution in [2.75, 3.05) is 17.2 Å². The topological polar surface area (TPSA) is 62.7 Å². The van der Waals surface area contributed by atoms with Gasteiger partial charge in [0.2, 0.25) is 17.2 Å². The molecule has 19 heavy (non-hydrogen) atoms. The second-order valence-corrected chi connectivity index (χ2v) is 5.39. The van der Waals surface area contributed by atoms with Crippen LogP contribution in [0.15, 0.2) is 24.3 Å². The van der Waals surface area contributed by atoms with Gasteiger partial charge < -0.3 is 10.6 Å². The third kappa shape index (κ3) is 4.46. The summed E-state index contributed by atoms with van der Waals surface area (Å²) in [5, 5.41) is 6.35. The molecule has 0 bridgehead atoms. The minimum absolute atomic E-state index is 0.168.